The first kappa shape index (κ1) is 29.2. The molecule has 0 aliphatic heterocycles. The third kappa shape index (κ3) is 5.15. The summed E-state index contributed by atoms with van der Waals surface area (Å²) in [6.45, 7) is 3.33. The summed E-state index contributed by atoms with van der Waals surface area (Å²) in [5, 5.41) is 0. The van der Waals surface area contributed by atoms with Crippen LogP contribution in [-0.4, -0.2) is 35.1 Å². The van der Waals surface area contributed by atoms with Crippen LogP contribution < -0.4 is 10.5 Å². The zero-order chi connectivity index (χ0) is 29.2. The molecule has 0 aromatic heterocycles. The number of aryl methyl sites for hydroxylation is 2. The van der Waals surface area contributed by atoms with Gasteiger partial charge >= 0.3 is 245 Å². The third-order valence-corrected chi connectivity index (χ3v) is 28.7. The SMILES string of the molecule is Cc1ccccc1S(=O)(=O)[O][Sb]([O]S(=O)(=O)c1ccccc1C)([c]1ccccc1)([c]1ccccc1)[c]1ccccc1. The van der Waals surface area contributed by atoms with Crippen molar-refractivity contribution in [2.45, 2.75) is 23.6 Å². The van der Waals surface area contributed by atoms with E-state index in [0.717, 1.165) is 0 Å². The molecule has 0 saturated heterocycles. The third-order valence-electron chi connectivity index (χ3n) is 6.88. The van der Waals surface area contributed by atoms with Gasteiger partial charge in [0.2, 0.25) is 0 Å². The fraction of sp³-hybridized carbons (Fsp3) is 0.0625. The summed E-state index contributed by atoms with van der Waals surface area (Å²) in [5.74, 6) is 0. The minimum absolute atomic E-state index is 0.0714. The molecule has 0 spiro atoms. The zero-order valence-electron chi connectivity index (χ0n) is 22.5. The summed E-state index contributed by atoms with van der Waals surface area (Å²) in [4.78, 5) is -0.143. The van der Waals surface area contributed by atoms with Crippen LogP contribution in [0.2, 0.25) is 0 Å². The first-order valence-electron chi connectivity index (χ1n) is 12.8. The van der Waals surface area contributed by atoms with Crippen LogP contribution >= 0.6 is 0 Å². The van der Waals surface area contributed by atoms with Gasteiger partial charge in [0.05, 0.1) is 0 Å². The summed E-state index contributed by atoms with van der Waals surface area (Å²) in [6.07, 6.45) is 0. The molecule has 0 aliphatic carbocycles. The summed E-state index contributed by atoms with van der Waals surface area (Å²) in [6, 6.07) is 38.6. The Morgan fingerprint density at radius 3 is 0.976 bits per heavy atom. The summed E-state index contributed by atoms with van der Waals surface area (Å²) in [7, 11) is -9.23. The number of hydrogen-bond acceptors (Lipinski definition) is 6. The Bertz CT molecular complexity index is 1710. The number of benzene rings is 5. The van der Waals surface area contributed by atoms with E-state index in [4.69, 9.17) is 4.92 Å². The molecule has 5 rings (SSSR count). The second kappa shape index (κ2) is 11.2. The van der Waals surface area contributed by atoms with Crippen molar-refractivity contribution in [1.29, 1.82) is 0 Å². The summed E-state index contributed by atoms with van der Waals surface area (Å²) >= 11 is -6.62. The Morgan fingerprint density at radius 1 is 0.415 bits per heavy atom. The van der Waals surface area contributed by atoms with Crippen LogP contribution in [0.4, 0.5) is 0 Å². The van der Waals surface area contributed by atoms with Gasteiger partial charge in [-0.2, -0.15) is 0 Å². The average molecular weight is 695 g/mol. The molecular weight excluding hydrogens is 666 g/mol. The maximum atomic E-state index is 14.4. The van der Waals surface area contributed by atoms with Crippen molar-refractivity contribution >= 4 is 49.0 Å². The molecule has 0 unspecified atom stereocenters. The first-order valence-corrected chi connectivity index (χ1v) is 21.6. The van der Waals surface area contributed by atoms with Crippen molar-refractivity contribution in [1.82, 2.24) is 0 Å². The van der Waals surface area contributed by atoms with Crippen molar-refractivity contribution in [3.8, 4) is 0 Å². The van der Waals surface area contributed by atoms with Crippen LogP contribution in [0.1, 0.15) is 11.1 Å². The van der Waals surface area contributed by atoms with E-state index in [1.807, 2.05) is 0 Å². The normalized spacial score (nSPS) is 13.3. The molecule has 9 heteroatoms. The van der Waals surface area contributed by atoms with E-state index in [0.29, 0.717) is 21.7 Å². The van der Waals surface area contributed by atoms with Crippen LogP contribution in [0.3, 0.4) is 0 Å². The van der Waals surface area contributed by atoms with E-state index in [9.17, 15) is 16.8 Å². The van der Waals surface area contributed by atoms with Gasteiger partial charge in [0, 0.05) is 0 Å². The molecule has 0 bridgehead atoms. The minimum atomic E-state index is -6.62. The van der Waals surface area contributed by atoms with E-state index < -0.39 is 38.5 Å². The van der Waals surface area contributed by atoms with Crippen molar-refractivity contribution in [3.63, 3.8) is 0 Å². The van der Waals surface area contributed by atoms with Crippen LogP contribution in [0.25, 0.3) is 0 Å². The van der Waals surface area contributed by atoms with E-state index in [-0.39, 0.29) is 9.79 Å². The van der Waals surface area contributed by atoms with Gasteiger partial charge in [0.1, 0.15) is 0 Å². The predicted octanol–water partition coefficient (Wildman–Crippen LogP) is 4.53. The molecule has 0 atom stereocenters. The quantitative estimate of drug-likeness (QED) is 0.211. The van der Waals surface area contributed by atoms with Crippen molar-refractivity contribution in [2.24, 2.45) is 0 Å². The van der Waals surface area contributed by atoms with Crippen molar-refractivity contribution < 1.29 is 21.8 Å². The van der Waals surface area contributed by atoms with Gasteiger partial charge in [-0.15, -0.1) is 0 Å². The van der Waals surface area contributed by atoms with Gasteiger partial charge in [0.15, 0.2) is 0 Å². The standard InChI is InChI=1S/2C7H8O3S.3C6H5.Sb/c2*1-6-4-2-3-5-7(6)11(8,9)10;3*1-2-4-6-5-3-1;/h2*2-5H,1H3,(H,8,9,10);3*1-5H;/q;;;;;+2/p-2. The topological polar surface area (TPSA) is 86.7 Å². The van der Waals surface area contributed by atoms with Crippen molar-refractivity contribution in [3.05, 3.63) is 151 Å². The molecular formula is C32H29O6S2Sb. The Balaban J connectivity index is 1.99. The Hall–Kier alpha value is -3.26. The molecule has 210 valence electrons. The van der Waals surface area contributed by atoms with E-state index in [2.05, 4.69) is 0 Å². The predicted molar refractivity (Wildman–Crippen MR) is 163 cm³/mol. The van der Waals surface area contributed by atoms with Gasteiger partial charge in [-0.05, 0) is 0 Å². The molecule has 0 radical (unpaired) electrons. The van der Waals surface area contributed by atoms with Crippen molar-refractivity contribution in [2.75, 3.05) is 0 Å². The van der Waals surface area contributed by atoms with Crippen LogP contribution in [0, 0.1) is 13.8 Å². The molecule has 5 aromatic carbocycles. The van der Waals surface area contributed by atoms with Gasteiger partial charge in [0.25, 0.3) is 0 Å². The molecule has 0 saturated carbocycles. The van der Waals surface area contributed by atoms with Gasteiger partial charge in [-0.25, -0.2) is 0 Å². The van der Waals surface area contributed by atoms with Gasteiger partial charge in [-0.1, -0.05) is 0 Å². The average Bonchev–Trinajstić information content (AvgIpc) is 2.98. The fourth-order valence-electron chi connectivity index (χ4n) is 4.94. The van der Waals surface area contributed by atoms with Crippen LogP contribution in [-0.2, 0) is 25.2 Å². The zero-order valence-corrected chi connectivity index (χ0v) is 26.7. The number of rotatable bonds is 9. The molecule has 0 aliphatic rings. The summed E-state index contributed by atoms with van der Waals surface area (Å²) in [5.41, 5.74) is 0.912. The second-order valence-corrected chi connectivity index (χ2v) is 25.0. The molecule has 5 aromatic rings. The molecule has 0 N–H and O–H groups in total. The fourth-order valence-corrected chi connectivity index (χ4v) is 29.4. The number of hydrogen-bond donors (Lipinski definition) is 0. The molecule has 0 heterocycles. The van der Waals surface area contributed by atoms with E-state index in [1.54, 1.807) is 141 Å². The first-order chi connectivity index (χ1) is 19.6. The van der Waals surface area contributed by atoms with Crippen LogP contribution in [0.15, 0.2) is 149 Å². The molecule has 41 heavy (non-hydrogen) atoms. The monoisotopic (exact) mass is 694 g/mol. The Kier molecular flexibility index (Phi) is 7.98. The molecule has 0 amide bonds. The second-order valence-electron chi connectivity index (χ2n) is 9.55. The van der Waals surface area contributed by atoms with E-state index >= 15 is 0 Å². The van der Waals surface area contributed by atoms with Gasteiger partial charge < -0.3 is 0 Å². The van der Waals surface area contributed by atoms with Crippen LogP contribution in [0.5, 0.6) is 0 Å². The Labute approximate surface area is 243 Å². The molecule has 6 nitrogen and oxygen atoms in total. The van der Waals surface area contributed by atoms with Gasteiger partial charge in [-0.3, -0.25) is 0 Å². The Morgan fingerprint density at radius 2 is 0.683 bits per heavy atom. The molecule has 0 fully saturated rings. The summed E-state index contributed by atoms with van der Waals surface area (Å²) < 4.78 is 72.0. The maximum absolute atomic E-state index is 14.4. The van der Waals surface area contributed by atoms with E-state index in [1.165, 1.54) is 12.1 Å².